The molecule has 146 valence electrons. The number of ketones is 1. The molecule has 0 amide bonds. The van der Waals surface area contributed by atoms with Gasteiger partial charge in [-0.3, -0.25) is 4.79 Å². The number of benzene rings is 2. The molecule has 2 heterocycles. The van der Waals surface area contributed by atoms with Crippen molar-refractivity contribution < 1.29 is 9.90 Å². The number of aromatic hydroxyl groups is 1. The summed E-state index contributed by atoms with van der Waals surface area (Å²) in [5.41, 5.74) is 3.43. The number of carbonyl (C=O) groups excluding carboxylic acids is 1. The topological polar surface area (TPSA) is 80.0 Å². The van der Waals surface area contributed by atoms with Gasteiger partial charge >= 0.3 is 0 Å². The summed E-state index contributed by atoms with van der Waals surface area (Å²) >= 11 is 1.68. The molecule has 1 aliphatic heterocycles. The molecule has 2 N–H and O–H groups in total. The summed E-state index contributed by atoms with van der Waals surface area (Å²) in [4.78, 5) is 18.8. The molecule has 0 fully saturated rings. The molecule has 0 saturated carbocycles. The van der Waals surface area contributed by atoms with Crippen molar-refractivity contribution in [1.82, 2.24) is 14.8 Å². The second kappa shape index (κ2) is 7.08. The zero-order chi connectivity index (χ0) is 20.0. The van der Waals surface area contributed by atoms with Crippen LogP contribution in [-0.4, -0.2) is 31.9 Å². The maximum atomic E-state index is 13.3. The van der Waals surface area contributed by atoms with Crippen molar-refractivity contribution in [2.45, 2.75) is 29.7 Å². The average molecular weight is 404 g/mol. The molecule has 29 heavy (non-hydrogen) atoms. The predicted octanol–water partition coefficient (Wildman–Crippen LogP) is 4.12. The van der Waals surface area contributed by atoms with Gasteiger partial charge in [-0.1, -0.05) is 30.3 Å². The zero-order valence-corrected chi connectivity index (χ0v) is 16.7. The van der Waals surface area contributed by atoms with Crippen molar-refractivity contribution in [3.8, 4) is 5.75 Å². The van der Waals surface area contributed by atoms with E-state index in [4.69, 9.17) is 0 Å². The first-order valence-corrected chi connectivity index (χ1v) is 10.7. The highest BCUT2D eigenvalue weighted by atomic mass is 32.2. The molecule has 3 aromatic rings. The molecule has 0 bridgehead atoms. The molecule has 1 aromatic heterocycles. The third-order valence-electron chi connectivity index (χ3n) is 5.67. The second-order valence-corrected chi connectivity index (χ2v) is 8.19. The Morgan fingerprint density at radius 2 is 1.93 bits per heavy atom. The van der Waals surface area contributed by atoms with Gasteiger partial charge in [0.1, 0.15) is 18.1 Å². The van der Waals surface area contributed by atoms with E-state index in [-0.39, 0.29) is 23.5 Å². The first kappa shape index (κ1) is 18.0. The standard InChI is InChI=1S/C22H20N4O2S/c1-29-15-8-6-13(7-9-15)21-20-17(25-22-23-12-24-26(21)22)10-14(11-19(20)28)16-4-2-3-5-18(16)27/h2-9,12,14,21,27H,10-11H2,1H3,(H,23,24,25)/t14-,21+/m0/s1. The normalized spacial score (nSPS) is 20.8. The number of nitrogens with one attached hydrogen (secondary N) is 1. The van der Waals surface area contributed by atoms with Gasteiger partial charge < -0.3 is 10.4 Å². The van der Waals surface area contributed by atoms with Crippen LogP contribution in [0.2, 0.25) is 0 Å². The van der Waals surface area contributed by atoms with Gasteiger partial charge in [0.2, 0.25) is 5.95 Å². The van der Waals surface area contributed by atoms with Crippen molar-refractivity contribution in [1.29, 1.82) is 0 Å². The van der Waals surface area contributed by atoms with E-state index in [9.17, 15) is 9.90 Å². The Morgan fingerprint density at radius 3 is 2.69 bits per heavy atom. The summed E-state index contributed by atoms with van der Waals surface area (Å²) in [6.07, 6.45) is 4.56. The number of rotatable bonds is 3. The average Bonchev–Trinajstić information content (AvgIpc) is 3.20. The minimum Gasteiger partial charge on any atom is -0.508 e. The van der Waals surface area contributed by atoms with Crippen LogP contribution in [0.5, 0.6) is 5.75 Å². The minimum absolute atomic E-state index is 0.0658. The Labute approximate surface area is 172 Å². The molecule has 0 saturated heterocycles. The largest absolute Gasteiger partial charge is 0.508 e. The number of anilines is 1. The highest BCUT2D eigenvalue weighted by Gasteiger charge is 2.39. The number of hydrogen-bond donors (Lipinski definition) is 2. The maximum absolute atomic E-state index is 13.3. The number of nitrogens with zero attached hydrogens (tertiary/aromatic N) is 3. The highest BCUT2D eigenvalue weighted by Crippen LogP contribution is 2.45. The van der Waals surface area contributed by atoms with Crippen LogP contribution in [0.15, 0.2) is 71.0 Å². The number of aromatic nitrogens is 3. The maximum Gasteiger partial charge on any atom is 0.226 e. The summed E-state index contributed by atoms with van der Waals surface area (Å²) in [5, 5.41) is 18.0. The third kappa shape index (κ3) is 3.02. The molecule has 2 atom stereocenters. The van der Waals surface area contributed by atoms with E-state index >= 15 is 0 Å². The van der Waals surface area contributed by atoms with Crippen LogP contribution in [0.4, 0.5) is 5.95 Å². The molecular formula is C22H20N4O2S. The minimum atomic E-state index is -0.294. The summed E-state index contributed by atoms with van der Waals surface area (Å²) < 4.78 is 1.78. The van der Waals surface area contributed by atoms with E-state index < -0.39 is 0 Å². The lowest BCUT2D eigenvalue weighted by Crippen LogP contribution is -2.33. The zero-order valence-electron chi connectivity index (χ0n) is 15.9. The highest BCUT2D eigenvalue weighted by molar-refractivity contribution is 7.98. The third-order valence-corrected chi connectivity index (χ3v) is 6.41. The summed E-state index contributed by atoms with van der Waals surface area (Å²) in [7, 11) is 0. The van der Waals surface area contributed by atoms with Crippen LogP contribution in [0.1, 0.15) is 35.9 Å². The van der Waals surface area contributed by atoms with E-state index in [1.165, 1.54) is 11.2 Å². The van der Waals surface area contributed by atoms with E-state index in [1.54, 1.807) is 28.6 Å². The van der Waals surface area contributed by atoms with Crippen molar-refractivity contribution in [2.24, 2.45) is 0 Å². The lowest BCUT2D eigenvalue weighted by atomic mass is 9.77. The second-order valence-electron chi connectivity index (χ2n) is 7.31. The molecule has 0 spiro atoms. The molecule has 2 aliphatic rings. The van der Waals surface area contributed by atoms with Gasteiger partial charge in [0.15, 0.2) is 5.78 Å². The van der Waals surface area contributed by atoms with E-state index in [0.717, 1.165) is 22.4 Å². The number of hydrogen-bond acceptors (Lipinski definition) is 6. The van der Waals surface area contributed by atoms with E-state index in [2.05, 4.69) is 39.7 Å². The fourth-order valence-electron chi connectivity index (χ4n) is 4.30. The Hall–Kier alpha value is -3.06. The van der Waals surface area contributed by atoms with Crippen molar-refractivity contribution >= 4 is 23.5 Å². The van der Waals surface area contributed by atoms with Crippen LogP contribution in [-0.2, 0) is 4.79 Å². The number of phenolic OH excluding ortho intramolecular Hbond substituents is 1. The quantitative estimate of drug-likeness (QED) is 0.639. The van der Waals surface area contributed by atoms with Gasteiger partial charge in [-0.2, -0.15) is 10.1 Å². The van der Waals surface area contributed by atoms with Crippen LogP contribution in [0, 0.1) is 0 Å². The van der Waals surface area contributed by atoms with Crippen molar-refractivity contribution in [2.75, 3.05) is 11.6 Å². The van der Waals surface area contributed by atoms with E-state index in [1.807, 2.05) is 18.4 Å². The molecule has 6 nitrogen and oxygen atoms in total. The fourth-order valence-corrected chi connectivity index (χ4v) is 4.71. The van der Waals surface area contributed by atoms with Gasteiger partial charge in [0.25, 0.3) is 0 Å². The van der Waals surface area contributed by atoms with Gasteiger partial charge in [-0.05, 0) is 42.0 Å². The van der Waals surface area contributed by atoms with Crippen LogP contribution < -0.4 is 5.32 Å². The molecule has 5 rings (SSSR count). The summed E-state index contributed by atoms with van der Waals surface area (Å²) in [6, 6.07) is 15.2. The molecular weight excluding hydrogens is 384 g/mol. The molecule has 2 aromatic carbocycles. The SMILES string of the molecule is CSc1ccc([C@@H]2C3=C(C[C@H](c4ccccc4O)CC3=O)Nc3ncnn32)cc1. The van der Waals surface area contributed by atoms with Gasteiger partial charge in [-0.15, -0.1) is 11.8 Å². The summed E-state index contributed by atoms with van der Waals surface area (Å²) in [6.45, 7) is 0. The Kier molecular flexibility index (Phi) is 4.39. The first-order chi connectivity index (χ1) is 14.2. The molecule has 1 aliphatic carbocycles. The van der Waals surface area contributed by atoms with Crippen LogP contribution in [0.25, 0.3) is 0 Å². The lowest BCUT2D eigenvalue weighted by molar-refractivity contribution is -0.116. The molecule has 0 radical (unpaired) electrons. The van der Waals surface area contributed by atoms with Crippen molar-refractivity contribution in [3.63, 3.8) is 0 Å². The summed E-state index contributed by atoms with van der Waals surface area (Å²) in [5.74, 6) is 0.877. The number of thioether (sulfide) groups is 1. The first-order valence-electron chi connectivity index (χ1n) is 9.50. The van der Waals surface area contributed by atoms with E-state index in [0.29, 0.717) is 18.8 Å². The number of para-hydroxylation sites is 1. The number of allylic oxidation sites excluding steroid dienone is 2. The van der Waals surface area contributed by atoms with Crippen molar-refractivity contribution in [3.05, 3.63) is 77.3 Å². The smallest absolute Gasteiger partial charge is 0.226 e. The number of phenols is 1. The van der Waals surface area contributed by atoms with Gasteiger partial charge in [0, 0.05) is 28.5 Å². The number of fused-ring (bicyclic) bond motifs is 1. The van der Waals surface area contributed by atoms with Gasteiger partial charge in [-0.25, -0.2) is 4.68 Å². The predicted molar refractivity (Wildman–Crippen MR) is 112 cm³/mol. The van der Waals surface area contributed by atoms with Crippen LogP contribution in [0.3, 0.4) is 0 Å². The molecule has 7 heteroatoms. The monoisotopic (exact) mass is 404 g/mol. The Bertz CT molecular complexity index is 1120. The fraction of sp³-hybridized carbons (Fsp3) is 0.227. The Morgan fingerprint density at radius 1 is 1.14 bits per heavy atom. The van der Waals surface area contributed by atoms with Crippen LogP contribution >= 0.6 is 11.8 Å². The number of Topliss-reactive ketones (excluding diaryl/α,β-unsaturated/α-hetero) is 1. The Balaban J connectivity index is 1.59. The van der Waals surface area contributed by atoms with Gasteiger partial charge in [0.05, 0.1) is 0 Å². The molecule has 0 unspecified atom stereocenters. The number of carbonyl (C=O) groups is 1. The lowest BCUT2D eigenvalue weighted by Gasteiger charge is -2.35.